The Morgan fingerprint density at radius 1 is 1.05 bits per heavy atom. The Bertz CT molecular complexity index is 547. The summed E-state index contributed by atoms with van der Waals surface area (Å²) >= 11 is 0. The minimum Gasteiger partial charge on any atom is -0.457 e. The fourth-order valence-corrected chi connectivity index (χ4v) is 1.67. The molecule has 1 amide bonds. The van der Waals surface area contributed by atoms with Crippen molar-refractivity contribution >= 4 is 18.3 Å². The number of halogens is 1. The molecule has 3 N–H and O–H groups in total. The van der Waals surface area contributed by atoms with Gasteiger partial charge in [-0.3, -0.25) is 4.79 Å². The average Bonchev–Trinajstić information content (AvgIpc) is 2.40. The molecule has 4 nitrogen and oxygen atoms in total. The summed E-state index contributed by atoms with van der Waals surface area (Å²) in [7, 11) is 0. The van der Waals surface area contributed by atoms with Crippen LogP contribution in [0.5, 0.6) is 11.5 Å². The average molecular weight is 293 g/mol. The van der Waals surface area contributed by atoms with Crippen LogP contribution in [0.1, 0.15) is 5.56 Å². The lowest BCUT2D eigenvalue weighted by Gasteiger charge is -2.08. The molecule has 0 aliphatic carbocycles. The summed E-state index contributed by atoms with van der Waals surface area (Å²) in [5, 5.41) is 2.96. The van der Waals surface area contributed by atoms with Crippen molar-refractivity contribution in [2.75, 3.05) is 6.54 Å². The van der Waals surface area contributed by atoms with Crippen molar-refractivity contribution < 1.29 is 9.53 Å². The van der Waals surface area contributed by atoms with Crippen molar-refractivity contribution in [2.45, 2.75) is 6.54 Å². The Labute approximate surface area is 124 Å². The normalized spacial score (nSPS) is 9.60. The SMILES string of the molecule is Cl.NC(=O)CNCc1cccc(Oc2ccccc2)c1. The van der Waals surface area contributed by atoms with Gasteiger partial charge in [-0.05, 0) is 29.8 Å². The molecule has 0 spiro atoms. The number of hydrogen-bond donors (Lipinski definition) is 2. The van der Waals surface area contributed by atoms with Crippen LogP contribution in [-0.4, -0.2) is 12.5 Å². The quantitative estimate of drug-likeness (QED) is 0.860. The number of hydrogen-bond acceptors (Lipinski definition) is 3. The zero-order valence-corrected chi connectivity index (χ0v) is 11.7. The number of primary amides is 1. The third-order valence-corrected chi connectivity index (χ3v) is 2.51. The highest BCUT2D eigenvalue weighted by Gasteiger charge is 1.99. The van der Waals surface area contributed by atoms with Crippen LogP contribution in [0, 0.1) is 0 Å². The van der Waals surface area contributed by atoms with Crippen molar-refractivity contribution in [3.63, 3.8) is 0 Å². The van der Waals surface area contributed by atoms with Crippen LogP contribution in [0.15, 0.2) is 54.6 Å². The molecule has 0 heterocycles. The molecule has 0 unspecified atom stereocenters. The summed E-state index contributed by atoms with van der Waals surface area (Å²) in [5.41, 5.74) is 6.10. The smallest absolute Gasteiger partial charge is 0.231 e. The minimum atomic E-state index is -0.364. The topological polar surface area (TPSA) is 64.4 Å². The van der Waals surface area contributed by atoms with Gasteiger partial charge in [-0.2, -0.15) is 0 Å². The Morgan fingerprint density at radius 3 is 2.45 bits per heavy atom. The summed E-state index contributed by atoms with van der Waals surface area (Å²) < 4.78 is 5.73. The maximum absolute atomic E-state index is 10.6. The van der Waals surface area contributed by atoms with E-state index in [9.17, 15) is 4.79 Å². The zero-order chi connectivity index (χ0) is 13.5. The van der Waals surface area contributed by atoms with E-state index in [1.807, 2.05) is 54.6 Å². The highest BCUT2D eigenvalue weighted by Crippen LogP contribution is 2.21. The van der Waals surface area contributed by atoms with Gasteiger partial charge in [-0.15, -0.1) is 12.4 Å². The van der Waals surface area contributed by atoms with Gasteiger partial charge in [-0.25, -0.2) is 0 Å². The van der Waals surface area contributed by atoms with E-state index >= 15 is 0 Å². The first-order valence-corrected chi connectivity index (χ1v) is 6.05. The number of nitrogens with two attached hydrogens (primary N) is 1. The van der Waals surface area contributed by atoms with Crippen molar-refractivity contribution in [1.29, 1.82) is 0 Å². The summed E-state index contributed by atoms with van der Waals surface area (Å²) in [5.74, 6) is 1.20. The van der Waals surface area contributed by atoms with Gasteiger partial charge in [-0.1, -0.05) is 30.3 Å². The van der Waals surface area contributed by atoms with E-state index in [4.69, 9.17) is 10.5 Å². The van der Waals surface area contributed by atoms with Crippen molar-refractivity contribution in [3.05, 3.63) is 60.2 Å². The molecule has 0 atom stereocenters. The number of nitrogens with one attached hydrogen (secondary N) is 1. The standard InChI is InChI=1S/C15H16N2O2.ClH/c16-15(18)11-17-10-12-5-4-8-14(9-12)19-13-6-2-1-3-7-13;/h1-9,17H,10-11H2,(H2,16,18);1H. The molecule has 106 valence electrons. The molecule has 20 heavy (non-hydrogen) atoms. The molecule has 0 radical (unpaired) electrons. The highest BCUT2D eigenvalue weighted by molar-refractivity contribution is 5.85. The van der Waals surface area contributed by atoms with Gasteiger partial charge in [0.2, 0.25) is 5.91 Å². The molecule has 0 aromatic heterocycles. The number of benzene rings is 2. The molecule has 0 aliphatic heterocycles. The number of amides is 1. The molecule has 0 fully saturated rings. The molecular weight excluding hydrogens is 276 g/mol. The molecule has 2 rings (SSSR count). The zero-order valence-electron chi connectivity index (χ0n) is 10.9. The van der Waals surface area contributed by atoms with Crippen LogP contribution in [0.4, 0.5) is 0 Å². The first-order valence-electron chi connectivity index (χ1n) is 6.05. The van der Waals surface area contributed by atoms with Gasteiger partial charge in [0.05, 0.1) is 6.54 Å². The predicted octanol–water partition coefficient (Wildman–Crippen LogP) is 2.48. The van der Waals surface area contributed by atoms with Crippen LogP contribution in [0.3, 0.4) is 0 Å². The lowest BCUT2D eigenvalue weighted by Crippen LogP contribution is -2.28. The van der Waals surface area contributed by atoms with Crippen LogP contribution in [-0.2, 0) is 11.3 Å². The summed E-state index contributed by atoms with van der Waals surface area (Å²) in [4.78, 5) is 10.6. The van der Waals surface area contributed by atoms with Crippen LogP contribution in [0.25, 0.3) is 0 Å². The number of carbonyl (C=O) groups excluding carboxylic acids is 1. The molecule has 5 heteroatoms. The van der Waals surface area contributed by atoms with Gasteiger partial charge < -0.3 is 15.8 Å². The highest BCUT2D eigenvalue weighted by atomic mass is 35.5. The molecule has 0 aliphatic rings. The summed E-state index contributed by atoms with van der Waals surface area (Å²) in [6, 6.07) is 17.3. The molecule has 0 saturated carbocycles. The summed E-state index contributed by atoms with van der Waals surface area (Å²) in [6.07, 6.45) is 0. The summed E-state index contributed by atoms with van der Waals surface area (Å²) in [6.45, 7) is 0.749. The van der Waals surface area contributed by atoms with Gasteiger partial charge >= 0.3 is 0 Å². The fraction of sp³-hybridized carbons (Fsp3) is 0.133. The first kappa shape index (κ1) is 16.0. The molecule has 0 bridgehead atoms. The van der Waals surface area contributed by atoms with E-state index in [0.29, 0.717) is 6.54 Å². The van der Waals surface area contributed by atoms with Gasteiger partial charge in [0.15, 0.2) is 0 Å². The fourth-order valence-electron chi connectivity index (χ4n) is 1.67. The van der Waals surface area contributed by atoms with E-state index < -0.39 is 0 Å². The van der Waals surface area contributed by atoms with Crippen molar-refractivity contribution in [1.82, 2.24) is 5.32 Å². The molecule has 2 aromatic carbocycles. The van der Waals surface area contributed by atoms with Crippen molar-refractivity contribution in [3.8, 4) is 11.5 Å². The molecule has 2 aromatic rings. The minimum absolute atomic E-state index is 0. The largest absolute Gasteiger partial charge is 0.457 e. The number of para-hydroxylation sites is 1. The molecular formula is C15H17ClN2O2. The molecule has 0 saturated heterocycles. The van der Waals surface area contributed by atoms with Gasteiger partial charge in [0.25, 0.3) is 0 Å². The number of rotatable bonds is 6. The monoisotopic (exact) mass is 292 g/mol. The van der Waals surface area contributed by atoms with E-state index in [2.05, 4.69) is 5.32 Å². The second kappa shape index (κ2) is 8.19. The van der Waals surface area contributed by atoms with Crippen LogP contribution < -0.4 is 15.8 Å². The van der Waals surface area contributed by atoms with E-state index in [1.54, 1.807) is 0 Å². The number of ether oxygens (including phenoxy) is 1. The Kier molecular flexibility index (Phi) is 6.56. The van der Waals surface area contributed by atoms with E-state index in [1.165, 1.54) is 0 Å². The number of carbonyl (C=O) groups is 1. The van der Waals surface area contributed by atoms with Crippen molar-refractivity contribution in [2.24, 2.45) is 5.73 Å². The van der Waals surface area contributed by atoms with Crippen LogP contribution in [0.2, 0.25) is 0 Å². The van der Waals surface area contributed by atoms with E-state index in [-0.39, 0.29) is 24.9 Å². The maximum atomic E-state index is 10.6. The third kappa shape index (κ3) is 5.30. The predicted molar refractivity (Wildman–Crippen MR) is 81.1 cm³/mol. The first-order chi connectivity index (χ1) is 9.24. The Hall–Kier alpha value is -2.04. The maximum Gasteiger partial charge on any atom is 0.231 e. The second-order valence-corrected chi connectivity index (χ2v) is 4.13. The Balaban J connectivity index is 0.00000200. The second-order valence-electron chi connectivity index (χ2n) is 4.13. The third-order valence-electron chi connectivity index (χ3n) is 2.51. The van der Waals surface area contributed by atoms with Crippen LogP contribution >= 0.6 is 12.4 Å². The van der Waals surface area contributed by atoms with E-state index in [0.717, 1.165) is 17.1 Å². The Morgan fingerprint density at radius 2 is 1.75 bits per heavy atom. The van der Waals surface area contributed by atoms with Gasteiger partial charge in [0.1, 0.15) is 11.5 Å². The lowest BCUT2D eigenvalue weighted by atomic mass is 10.2. The van der Waals surface area contributed by atoms with Gasteiger partial charge in [0, 0.05) is 6.54 Å². The lowest BCUT2D eigenvalue weighted by molar-refractivity contribution is -0.117.